The molecule has 2 aliphatic rings. The van der Waals surface area contributed by atoms with E-state index in [2.05, 4.69) is 79.4 Å². The average molecular weight is 1720 g/mol. The molecule has 121 heavy (non-hydrogen) atoms. The van der Waals surface area contributed by atoms with Gasteiger partial charge >= 0.3 is 5.97 Å². The van der Waals surface area contributed by atoms with E-state index in [0.29, 0.717) is 71.8 Å². The molecule has 27 N–H and O–H groups in total. The van der Waals surface area contributed by atoms with Crippen LogP contribution in [-0.4, -0.2) is 256 Å². The van der Waals surface area contributed by atoms with Crippen LogP contribution >= 0.6 is 21.6 Å². The van der Waals surface area contributed by atoms with Crippen molar-refractivity contribution in [3.05, 3.63) is 144 Å². The molecule has 0 radical (unpaired) electrons. The van der Waals surface area contributed by atoms with Crippen LogP contribution in [0.15, 0.2) is 121 Å². The van der Waals surface area contributed by atoms with Crippen molar-refractivity contribution in [1.29, 1.82) is 0 Å². The van der Waals surface area contributed by atoms with Crippen LogP contribution in [0.4, 0.5) is 0 Å². The molecule has 3 heterocycles. The van der Waals surface area contributed by atoms with Crippen molar-refractivity contribution in [2.75, 3.05) is 50.9 Å². The maximum Gasteiger partial charge on any atom is 0.326 e. The number of carbonyl (C=O) groups excluding carboxylic acids is 14. The second kappa shape index (κ2) is 50.8. The smallest absolute Gasteiger partial charge is 0.326 e. The van der Waals surface area contributed by atoms with Crippen LogP contribution in [0.1, 0.15) is 106 Å². The Bertz CT molecular complexity index is 4280. The Morgan fingerprint density at radius 1 is 0.463 bits per heavy atom. The SMILES string of the molecule is C[C@@H](O)[C@@H]1NC(=O)[C@H](CCCCN)NC(=O)[C@H](Cc2c[nH]c3ccccc23)NC(=O)[C@H](Cc2ccccc2)NC(=O)[C@H](Cc2ccccc2)NC(=O)[C@H](CC(N)=O)NC(=O)[C@H](CCCCN)NC(=O)C(NC(=O)[C@@H]2CCCN2)CSSC[C@@H](C(=O)N[C@@H](CCCCN)C(=O)O)NC(=O)[C@H](CO)NC(=O)[C@H](CO)NC(=O)[C@H](Cc2ccccc2)NC1=O. The second-order valence-corrected chi connectivity index (χ2v) is 32.1. The number of primary amides is 1. The van der Waals surface area contributed by atoms with E-state index in [1.54, 1.807) is 121 Å². The van der Waals surface area contributed by atoms with E-state index in [1.165, 1.54) is 0 Å². The van der Waals surface area contributed by atoms with Crippen LogP contribution in [0.25, 0.3) is 10.9 Å². The first kappa shape index (κ1) is 97.0. The lowest BCUT2D eigenvalue weighted by atomic mass is 10.00. The largest absolute Gasteiger partial charge is 0.480 e. The Morgan fingerprint density at radius 2 is 0.876 bits per heavy atom. The molecule has 0 spiro atoms. The molecule has 38 nitrogen and oxygen atoms in total. The van der Waals surface area contributed by atoms with Gasteiger partial charge in [-0.2, -0.15) is 0 Å². The monoisotopic (exact) mass is 1720 g/mol. The molecule has 658 valence electrons. The van der Waals surface area contributed by atoms with Crippen LogP contribution in [0.2, 0.25) is 0 Å². The number of aromatic amines is 1. The zero-order chi connectivity index (χ0) is 87.9. The topological polar surface area (TPSA) is 625 Å². The van der Waals surface area contributed by atoms with Gasteiger partial charge in [0, 0.05) is 54.3 Å². The molecular weight excluding hydrogens is 1610 g/mol. The number of carboxylic acids is 1. The number of carboxylic acid groups (broad SMARTS) is 1. The molecule has 5 aromatic rings. The Labute approximate surface area is 707 Å². The number of benzene rings is 4. The Balaban J connectivity index is 1.33. The fourth-order valence-electron chi connectivity index (χ4n) is 13.4. The van der Waals surface area contributed by atoms with Crippen molar-refractivity contribution < 1.29 is 92.3 Å². The van der Waals surface area contributed by atoms with Gasteiger partial charge in [0.05, 0.1) is 31.8 Å². The zero-order valence-electron chi connectivity index (χ0n) is 67.2. The minimum absolute atomic E-state index is 0.118. The molecule has 4 aromatic carbocycles. The first-order valence-electron chi connectivity index (χ1n) is 40.2. The van der Waals surface area contributed by atoms with Gasteiger partial charge in [-0.05, 0) is 132 Å². The number of hydrogen-bond donors (Lipinski definition) is 23. The Morgan fingerprint density at radius 3 is 1.36 bits per heavy atom. The predicted octanol–water partition coefficient (Wildman–Crippen LogP) is -4.40. The van der Waals surface area contributed by atoms with E-state index in [0.717, 1.165) is 28.5 Å². The van der Waals surface area contributed by atoms with Crippen molar-refractivity contribution in [2.45, 2.75) is 200 Å². The van der Waals surface area contributed by atoms with Gasteiger partial charge in [0.1, 0.15) is 78.5 Å². The quantitative estimate of drug-likeness (QED) is 0.0152. The van der Waals surface area contributed by atoms with Gasteiger partial charge in [0.15, 0.2) is 0 Å². The van der Waals surface area contributed by atoms with Gasteiger partial charge in [-0.3, -0.25) is 67.1 Å². The molecule has 15 atom stereocenters. The van der Waals surface area contributed by atoms with Crippen molar-refractivity contribution in [3.63, 3.8) is 0 Å². The molecule has 1 unspecified atom stereocenters. The van der Waals surface area contributed by atoms with Crippen molar-refractivity contribution in [3.8, 4) is 0 Å². The summed E-state index contributed by atoms with van der Waals surface area (Å²) in [6.45, 7) is -0.341. The average Bonchev–Trinajstić information content (AvgIpc) is 1.70. The summed E-state index contributed by atoms with van der Waals surface area (Å²) in [5.74, 6) is -17.1. The lowest BCUT2D eigenvalue weighted by Crippen LogP contribution is -2.63. The summed E-state index contributed by atoms with van der Waals surface area (Å²) in [6.07, 6.45) is -0.0726. The third-order valence-electron chi connectivity index (χ3n) is 20.1. The predicted molar refractivity (Wildman–Crippen MR) is 449 cm³/mol. The fraction of sp³-hybridized carbons (Fsp3) is 0.494. The summed E-state index contributed by atoms with van der Waals surface area (Å²) in [5, 5.41) is 79.9. The maximum atomic E-state index is 15.4. The molecule has 2 saturated heterocycles. The number of aromatic nitrogens is 1. The number of fused-ring (bicyclic) bond motifs is 1. The number of nitrogens with one attached hydrogen (secondary N) is 15. The summed E-state index contributed by atoms with van der Waals surface area (Å²) in [5.41, 5.74) is 25.8. The molecule has 0 aliphatic carbocycles. The van der Waals surface area contributed by atoms with Gasteiger partial charge in [0.2, 0.25) is 82.7 Å². The zero-order valence-corrected chi connectivity index (χ0v) is 68.8. The number of unbranched alkanes of at least 4 members (excludes halogenated alkanes) is 3. The van der Waals surface area contributed by atoms with Gasteiger partial charge in [-0.15, -0.1) is 0 Å². The van der Waals surface area contributed by atoms with Crippen LogP contribution in [0.5, 0.6) is 0 Å². The highest BCUT2D eigenvalue weighted by Gasteiger charge is 2.40. The van der Waals surface area contributed by atoms with E-state index < -0.39 is 205 Å². The van der Waals surface area contributed by atoms with E-state index >= 15 is 14.4 Å². The van der Waals surface area contributed by atoms with E-state index in [4.69, 9.17) is 22.9 Å². The Kier molecular flexibility index (Phi) is 40.8. The number of para-hydroxylation sites is 1. The number of carbonyl (C=O) groups is 15. The minimum Gasteiger partial charge on any atom is -0.480 e. The second-order valence-electron chi connectivity index (χ2n) is 29.5. The third-order valence-corrected chi connectivity index (χ3v) is 22.5. The molecule has 14 amide bonds. The van der Waals surface area contributed by atoms with E-state index in [9.17, 15) is 78.0 Å². The van der Waals surface area contributed by atoms with Gasteiger partial charge < -0.3 is 123 Å². The highest BCUT2D eigenvalue weighted by molar-refractivity contribution is 8.76. The molecule has 0 bridgehead atoms. The summed E-state index contributed by atoms with van der Waals surface area (Å²) in [7, 11) is 1.68. The lowest BCUT2D eigenvalue weighted by molar-refractivity contribution is -0.142. The molecule has 7 rings (SSSR count). The van der Waals surface area contributed by atoms with Crippen molar-refractivity contribution in [1.82, 2.24) is 79.4 Å². The summed E-state index contributed by atoms with van der Waals surface area (Å²) < 4.78 is 0. The Hall–Kier alpha value is -11.1. The fourth-order valence-corrected chi connectivity index (χ4v) is 15.7. The number of nitrogens with two attached hydrogens (primary N) is 4. The number of hydrogen-bond acceptors (Lipinski definition) is 24. The van der Waals surface area contributed by atoms with Gasteiger partial charge in [-0.1, -0.05) is 131 Å². The molecule has 2 aliphatic heterocycles. The number of amides is 14. The molecule has 0 saturated carbocycles. The summed E-state index contributed by atoms with van der Waals surface area (Å²) >= 11 is 0. The highest BCUT2D eigenvalue weighted by Crippen LogP contribution is 2.25. The molecule has 40 heteroatoms. The number of aliphatic hydroxyl groups is 3. The summed E-state index contributed by atoms with van der Waals surface area (Å²) in [6, 6.07) is 8.82. The number of aliphatic carboxylic acids is 1. The van der Waals surface area contributed by atoms with Crippen LogP contribution in [-0.2, 0) is 97.6 Å². The van der Waals surface area contributed by atoms with Crippen LogP contribution in [0, 0.1) is 0 Å². The number of rotatable bonds is 30. The molecular formula is C81H113N19O19S2. The molecule has 2 fully saturated rings. The normalized spacial score (nSPS) is 24.2. The van der Waals surface area contributed by atoms with Crippen molar-refractivity contribution >= 4 is 121 Å². The van der Waals surface area contributed by atoms with Gasteiger partial charge in [-0.25, -0.2) is 4.79 Å². The minimum atomic E-state index is -1.99. The first-order valence-corrected chi connectivity index (χ1v) is 42.7. The van der Waals surface area contributed by atoms with Crippen LogP contribution < -0.4 is 97.4 Å². The van der Waals surface area contributed by atoms with Gasteiger partial charge in [0.25, 0.3) is 0 Å². The highest BCUT2D eigenvalue weighted by atomic mass is 33.1. The van der Waals surface area contributed by atoms with E-state index in [-0.39, 0.29) is 89.6 Å². The maximum absolute atomic E-state index is 15.4. The molecule has 1 aromatic heterocycles. The summed E-state index contributed by atoms with van der Waals surface area (Å²) in [4.78, 5) is 221. The van der Waals surface area contributed by atoms with Crippen LogP contribution in [0.3, 0.4) is 0 Å². The lowest BCUT2D eigenvalue weighted by Gasteiger charge is -2.29. The first-order chi connectivity index (χ1) is 58.1. The van der Waals surface area contributed by atoms with Crippen molar-refractivity contribution in [2.24, 2.45) is 22.9 Å². The number of aliphatic hydroxyl groups excluding tert-OH is 3. The third kappa shape index (κ3) is 31.8. The standard InChI is InChI=1S/C81H113N19O19S2/c1-46(103)67-80(117)95-59(38-49-24-9-4-10-25-49)73(110)96-62(42-101)76(113)97-63(43-102)77(114)99-65(79(116)90-56(81(118)119)30-15-18-34-84)45-121-120-44-64(98-68(105)53-31-19-35-86-53)78(115)89-54(28-13-16-32-82)69(106)94-61(40-66(85)104)75(112)92-57(36-47-20-5-2-6-21-47)71(108)91-58(37-48-22-7-3-8-23-48)72(109)93-60(39-50-41-87-52-27-12-11-26-51(50)52)74(111)88-55(70(107)100-67)29-14-17-33-83/h2-12,20-27,41,46,53-65,67,86-87,101-103H,13-19,28-40,42-45,82-84H2,1H3,(H2,85,104)(H,88,111)(H,89,115)(H,90,116)(H,91,108)(H,92,112)(H,93,109)(H,94,106)(H,95,117)(H,96,110)(H,97,113)(H,98,105)(H,99,114)(H,100,107)(H,118,119)/t46-,53+,54+,55+,56+,57+,58+,59+,60+,61+,62+,63+,64?,65+,67+/m1/s1. The van der Waals surface area contributed by atoms with E-state index in [1.807, 2.05) is 0 Å². The number of H-pyrrole nitrogens is 1.